The van der Waals surface area contributed by atoms with Crippen LogP contribution in [0, 0.1) is 6.92 Å². The topological polar surface area (TPSA) is 46.3 Å². The van der Waals surface area contributed by atoms with Gasteiger partial charge in [-0.1, -0.05) is 35.1 Å². The number of benzene rings is 1. The first-order valence-corrected chi connectivity index (χ1v) is 8.50. The van der Waals surface area contributed by atoms with E-state index in [1.807, 2.05) is 4.52 Å². The second kappa shape index (κ2) is 5.44. The number of aromatic nitrogens is 4. The lowest BCUT2D eigenvalue weighted by atomic mass is 9.96. The summed E-state index contributed by atoms with van der Waals surface area (Å²) in [6.07, 6.45) is 2.27. The quantitative estimate of drug-likeness (QED) is 0.730. The lowest BCUT2D eigenvalue weighted by molar-refractivity contribution is 0.250. The van der Waals surface area contributed by atoms with Crippen LogP contribution < -0.4 is 0 Å². The molecule has 0 unspecified atom stereocenters. The molecular weight excluding hydrogens is 294 g/mol. The maximum absolute atomic E-state index is 4.77. The highest BCUT2D eigenvalue weighted by atomic mass is 32.1. The Hall–Kier alpha value is -1.79. The van der Waals surface area contributed by atoms with E-state index in [0.29, 0.717) is 5.92 Å². The van der Waals surface area contributed by atoms with Crippen LogP contribution in [0.4, 0.5) is 0 Å². The second-order valence-corrected chi connectivity index (χ2v) is 7.06. The highest BCUT2D eigenvalue weighted by Gasteiger charge is 2.24. The van der Waals surface area contributed by atoms with Crippen molar-refractivity contribution in [3.63, 3.8) is 0 Å². The minimum absolute atomic E-state index is 0.471. The monoisotopic (exact) mass is 313 g/mol. The van der Waals surface area contributed by atoms with E-state index >= 15 is 0 Å². The number of likely N-dealkylation sites (tertiary alicyclic amines) is 1. The van der Waals surface area contributed by atoms with Gasteiger partial charge < -0.3 is 4.90 Å². The summed E-state index contributed by atoms with van der Waals surface area (Å²) in [6, 6.07) is 8.45. The Bertz CT molecular complexity index is 798. The first-order chi connectivity index (χ1) is 10.7. The molecule has 1 aliphatic rings. The van der Waals surface area contributed by atoms with E-state index in [4.69, 9.17) is 5.10 Å². The third-order valence-corrected chi connectivity index (χ3v) is 5.31. The zero-order valence-electron chi connectivity index (χ0n) is 12.9. The lowest BCUT2D eigenvalue weighted by Crippen LogP contribution is -2.30. The van der Waals surface area contributed by atoms with Crippen molar-refractivity contribution in [2.45, 2.75) is 25.7 Å². The van der Waals surface area contributed by atoms with Crippen molar-refractivity contribution in [3.8, 4) is 10.6 Å². The van der Waals surface area contributed by atoms with Gasteiger partial charge in [-0.15, -0.1) is 10.2 Å². The van der Waals surface area contributed by atoms with Crippen LogP contribution in [0.3, 0.4) is 0 Å². The molecule has 0 spiro atoms. The number of nitrogens with zero attached hydrogens (tertiary/aromatic N) is 5. The van der Waals surface area contributed by atoms with Crippen LogP contribution in [0.25, 0.3) is 15.5 Å². The van der Waals surface area contributed by atoms with Crippen molar-refractivity contribution in [3.05, 3.63) is 35.7 Å². The normalized spacial score (nSPS) is 17.4. The number of fused-ring (bicyclic) bond motifs is 1. The molecule has 0 aliphatic carbocycles. The molecule has 22 heavy (non-hydrogen) atoms. The molecule has 5 nitrogen and oxygen atoms in total. The number of piperidine rings is 1. The molecule has 0 N–H and O–H groups in total. The van der Waals surface area contributed by atoms with E-state index in [2.05, 4.69) is 53.3 Å². The van der Waals surface area contributed by atoms with Gasteiger partial charge in [-0.3, -0.25) is 0 Å². The second-order valence-electron chi connectivity index (χ2n) is 6.11. The van der Waals surface area contributed by atoms with Crippen LogP contribution in [0.2, 0.25) is 0 Å². The zero-order valence-corrected chi connectivity index (χ0v) is 13.7. The van der Waals surface area contributed by atoms with Gasteiger partial charge in [0.15, 0.2) is 5.82 Å². The third-order valence-electron chi connectivity index (χ3n) is 4.36. The number of hydrogen-bond donors (Lipinski definition) is 0. The first kappa shape index (κ1) is 13.8. The summed E-state index contributed by atoms with van der Waals surface area (Å²) in [4.78, 5) is 3.26. The fraction of sp³-hybridized carbons (Fsp3) is 0.438. The Kier molecular flexibility index (Phi) is 3.43. The van der Waals surface area contributed by atoms with Gasteiger partial charge >= 0.3 is 0 Å². The summed E-state index contributed by atoms with van der Waals surface area (Å²) in [5.74, 6) is 1.50. The van der Waals surface area contributed by atoms with Crippen LogP contribution in [0.1, 0.15) is 30.1 Å². The molecule has 3 aromatic rings. The maximum atomic E-state index is 4.77. The molecule has 1 saturated heterocycles. The molecule has 114 valence electrons. The van der Waals surface area contributed by atoms with Crippen molar-refractivity contribution in [1.29, 1.82) is 0 Å². The molecule has 1 fully saturated rings. The van der Waals surface area contributed by atoms with Gasteiger partial charge in [0, 0.05) is 11.5 Å². The van der Waals surface area contributed by atoms with Crippen molar-refractivity contribution in [1.82, 2.24) is 24.7 Å². The average molecular weight is 313 g/mol. The fourth-order valence-electron chi connectivity index (χ4n) is 3.05. The average Bonchev–Trinajstić information content (AvgIpc) is 3.08. The largest absolute Gasteiger partial charge is 0.306 e. The van der Waals surface area contributed by atoms with Crippen LogP contribution >= 0.6 is 11.3 Å². The van der Waals surface area contributed by atoms with Gasteiger partial charge in [0.25, 0.3) is 0 Å². The van der Waals surface area contributed by atoms with Gasteiger partial charge in [0.2, 0.25) is 4.96 Å². The fourth-order valence-corrected chi connectivity index (χ4v) is 3.89. The van der Waals surface area contributed by atoms with E-state index in [-0.39, 0.29) is 0 Å². The molecule has 0 atom stereocenters. The predicted octanol–water partition coefficient (Wildman–Crippen LogP) is 2.97. The molecular formula is C16H19N5S. The van der Waals surface area contributed by atoms with E-state index in [0.717, 1.165) is 47.3 Å². The molecule has 1 aliphatic heterocycles. The summed E-state index contributed by atoms with van der Waals surface area (Å²) in [5.41, 5.74) is 2.41. The number of aryl methyl sites for hydroxylation is 1. The number of rotatable bonds is 2. The molecule has 2 aromatic heterocycles. The van der Waals surface area contributed by atoms with Crippen LogP contribution in [-0.4, -0.2) is 44.8 Å². The summed E-state index contributed by atoms with van der Waals surface area (Å²) in [6.45, 7) is 4.34. The Morgan fingerprint density at radius 3 is 2.77 bits per heavy atom. The standard InChI is InChI=1S/C16H19N5S/c1-11-4-3-5-13(10-11)15-19-21-14(17-18-16(21)22-15)12-6-8-20(2)9-7-12/h3-5,10,12H,6-9H2,1-2H3. The summed E-state index contributed by atoms with van der Waals surface area (Å²) < 4.78 is 1.96. The van der Waals surface area contributed by atoms with E-state index in [1.165, 1.54) is 5.56 Å². The Morgan fingerprint density at radius 1 is 1.18 bits per heavy atom. The van der Waals surface area contributed by atoms with Gasteiger partial charge in [0.05, 0.1) is 0 Å². The van der Waals surface area contributed by atoms with Gasteiger partial charge in [0.1, 0.15) is 5.01 Å². The Balaban J connectivity index is 1.70. The maximum Gasteiger partial charge on any atom is 0.234 e. The van der Waals surface area contributed by atoms with Crippen molar-refractivity contribution >= 4 is 16.3 Å². The van der Waals surface area contributed by atoms with E-state index in [9.17, 15) is 0 Å². The van der Waals surface area contributed by atoms with Crippen LogP contribution in [-0.2, 0) is 0 Å². The summed E-state index contributed by atoms with van der Waals surface area (Å²) >= 11 is 1.61. The predicted molar refractivity (Wildman–Crippen MR) is 88.3 cm³/mol. The molecule has 0 saturated carbocycles. The molecule has 0 radical (unpaired) electrons. The molecule has 4 rings (SSSR count). The Labute approximate surface area is 133 Å². The van der Waals surface area contributed by atoms with Crippen LogP contribution in [0.5, 0.6) is 0 Å². The van der Waals surface area contributed by atoms with Crippen molar-refractivity contribution < 1.29 is 0 Å². The molecule has 0 bridgehead atoms. The van der Waals surface area contributed by atoms with Crippen molar-refractivity contribution in [2.75, 3.05) is 20.1 Å². The number of hydrogen-bond acceptors (Lipinski definition) is 5. The van der Waals surface area contributed by atoms with E-state index < -0.39 is 0 Å². The van der Waals surface area contributed by atoms with Crippen LogP contribution in [0.15, 0.2) is 24.3 Å². The highest BCUT2D eigenvalue weighted by molar-refractivity contribution is 7.19. The minimum Gasteiger partial charge on any atom is -0.306 e. The van der Waals surface area contributed by atoms with Gasteiger partial charge in [-0.2, -0.15) is 9.61 Å². The molecule has 1 aromatic carbocycles. The third kappa shape index (κ3) is 2.42. The molecule has 3 heterocycles. The van der Waals surface area contributed by atoms with Gasteiger partial charge in [-0.05, 0) is 46.0 Å². The smallest absolute Gasteiger partial charge is 0.234 e. The SMILES string of the molecule is Cc1cccc(-c2nn3c(C4CCN(C)CC4)nnc3s2)c1. The van der Waals surface area contributed by atoms with Gasteiger partial charge in [-0.25, -0.2) is 0 Å². The summed E-state index contributed by atoms with van der Waals surface area (Å²) in [5, 5.41) is 14.5. The molecule has 0 amide bonds. The van der Waals surface area contributed by atoms with Crippen molar-refractivity contribution in [2.24, 2.45) is 0 Å². The highest BCUT2D eigenvalue weighted by Crippen LogP contribution is 2.30. The zero-order chi connectivity index (χ0) is 15.1. The minimum atomic E-state index is 0.471. The molecule has 6 heteroatoms. The Morgan fingerprint density at radius 2 is 2.00 bits per heavy atom. The first-order valence-electron chi connectivity index (χ1n) is 7.68. The summed E-state index contributed by atoms with van der Waals surface area (Å²) in [7, 11) is 2.17. The van der Waals surface area contributed by atoms with E-state index in [1.54, 1.807) is 11.3 Å². The lowest BCUT2D eigenvalue weighted by Gasteiger charge is -2.27.